The molecule has 2 heteroatoms. The van der Waals surface area contributed by atoms with E-state index in [4.69, 9.17) is 9.84 Å². The zero-order valence-corrected chi connectivity index (χ0v) is 11.8. The smallest absolute Gasteiger partial charge is 0.108 e. The molecule has 1 aromatic carbocycles. The molecule has 0 atom stereocenters. The Morgan fingerprint density at radius 3 is 2.42 bits per heavy atom. The van der Waals surface area contributed by atoms with Crippen LogP contribution in [0, 0.1) is 11.8 Å². The first-order valence-corrected chi connectivity index (χ1v) is 7.09. The molecule has 0 bridgehead atoms. The van der Waals surface area contributed by atoms with E-state index in [1.807, 2.05) is 24.3 Å². The summed E-state index contributed by atoms with van der Waals surface area (Å²) >= 11 is 0. The Morgan fingerprint density at radius 1 is 1.00 bits per heavy atom. The van der Waals surface area contributed by atoms with Crippen molar-refractivity contribution in [3.8, 4) is 11.8 Å². The first kappa shape index (κ1) is 15.8. The van der Waals surface area contributed by atoms with Gasteiger partial charge in [0.1, 0.15) is 6.61 Å². The SMILES string of the molecule is CCCCCCC#CCOCc1ccc(CO)cc1. The molecule has 104 valence electrons. The van der Waals surface area contributed by atoms with Crippen LogP contribution in [0.5, 0.6) is 0 Å². The van der Waals surface area contributed by atoms with Crippen LogP contribution >= 0.6 is 0 Å². The molecule has 19 heavy (non-hydrogen) atoms. The molecule has 0 aromatic heterocycles. The molecular weight excluding hydrogens is 236 g/mol. The minimum Gasteiger partial charge on any atom is -0.392 e. The lowest BCUT2D eigenvalue weighted by atomic mass is 10.1. The van der Waals surface area contributed by atoms with Crippen LogP contribution in [-0.2, 0) is 18.0 Å². The molecule has 1 aromatic rings. The summed E-state index contributed by atoms with van der Waals surface area (Å²) in [5.41, 5.74) is 2.04. The minimum atomic E-state index is 0.0879. The predicted molar refractivity (Wildman–Crippen MR) is 78.6 cm³/mol. The highest BCUT2D eigenvalue weighted by molar-refractivity contribution is 5.21. The van der Waals surface area contributed by atoms with Gasteiger partial charge in [-0.2, -0.15) is 0 Å². The number of aliphatic hydroxyl groups is 1. The van der Waals surface area contributed by atoms with E-state index in [-0.39, 0.29) is 6.61 Å². The van der Waals surface area contributed by atoms with Gasteiger partial charge in [0.15, 0.2) is 0 Å². The first-order chi connectivity index (χ1) is 9.36. The van der Waals surface area contributed by atoms with Crippen molar-refractivity contribution in [3.05, 3.63) is 35.4 Å². The number of benzene rings is 1. The Kier molecular flexibility index (Phi) is 8.80. The average Bonchev–Trinajstić information content (AvgIpc) is 2.46. The number of aliphatic hydroxyl groups excluding tert-OH is 1. The van der Waals surface area contributed by atoms with Gasteiger partial charge in [0.2, 0.25) is 0 Å². The lowest BCUT2D eigenvalue weighted by Crippen LogP contribution is -1.93. The van der Waals surface area contributed by atoms with Crippen molar-refractivity contribution in [2.24, 2.45) is 0 Å². The van der Waals surface area contributed by atoms with Gasteiger partial charge in [-0.15, -0.1) is 5.92 Å². The van der Waals surface area contributed by atoms with Crippen molar-refractivity contribution in [1.82, 2.24) is 0 Å². The van der Waals surface area contributed by atoms with E-state index in [0.29, 0.717) is 13.2 Å². The molecule has 0 unspecified atom stereocenters. The maximum absolute atomic E-state index is 8.93. The number of hydrogen-bond acceptors (Lipinski definition) is 2. The molecule has 0 spiro atoms. The Hall–Kier alpha value is -1.30. The molecule has 2 nitrogen and oxygen atoms in total. The van der Waals surface area contributed by atoms with Crippen molar-refractivity contribution in [2.75, 3.05) is 6.61 Å². The van der Waals surface area contributed by atoms with E-state index in [1.54, 1.807) is 0 Å². The van der Waals surface area contributed by atoms with Crippen LogP contribution in [0.2, 0.25) is 0 Å². The van der Waals surface area contributed by atoms with Crippen LogP contribution in [0.4, 0.5) is 0 Å². The molecule has 0 amide bonds. The van der Waals surface area contributed by atoms with Crippen LogP contribution in [0.3, 0.4) is 0 Å². The number of rotatable bonds is 8. The number of ether oxygens (including phenoxy) is 1. The van der Waals surface area contributed by atoms with Crippen LogP contribution in [-0.4, -0.2) is 11.7 Å². The second-order valence-electron chi connectivity index (χ2n) is 4.63. The highest BCUT2D eigenvalue weighted by atomic mass is 16.5. The van der Waals surface area contributed by atoms with Gasteiger partial charge < -0.3 is 9.84 Å². The summed E-state index contributed by atoms with van der Waals surface area (Å²) in [6.07, 6.45) is 6.04. The summed E-state index contributed by atoms with van der Waals surface area (Å²) in [6.45, 7) is 3.38. The molecule has 0 saturated carbocycles. The Balaban J connectivity index is 2.08. The Morgan fingerprint density at radius 2 is 1.74 bits per heavy atom. The average molecular weight is 260 g/mol. The topological polar surface area (TPSA) is 29.5 Å². The van der Waals surface area contributed by atoms with E-state index in [9.17, 15) is 0 Å². The fraction of sp³-hybridized carbons (Fsp3) is 0.529. The molecule has 0 radical (unpaired) electrons. The van der Waals surface area contributed by atoms with E-state index in [2.05, 4.69) is 18.8 Å². The Bertz CT molecular complexity index is 384. The third kappa shape index (κ3) is 7.66. The van der Waals surface area contributed by atoms with Crippen LogP contribution in [0.25, 0.3) is 0 Å². The maximum Gasteiger partial charge on any atom is 0.108 e. The maximum atomic E-state index is 8.93. The molecule has 0 fully saturated rings. The summed E-state index contributed by atoms with van der Waals surface area (Å²) < 4.78 is 5.48. The highest BCUT2D eigenvalue weighted by Crippen LogP contribution is 2.05. The number of unbranched alkanes of at least 4 members (excludes halogenated alkanes) is 4. The van der Waals surface area contributed by atoms with Gasteiger partial charge in [-0.3, -0.25) is 0 Å². The van der Waals surface area contributed by atoms with Crippen molar-refractivity contribution in [3.63, 3.8) is 0 Å². The second-order valence-corrected chi connectivity index (χ2v) is 4.63. The monoisotopic (exact) mass is 260 g/mol. The Labute approximate surface area is 116 Å². The van der Waals surface area contributed by atoms with Crippen LogP contribution < -0.4 is 0 Å². The first-order valence-electron chi connectivity index (χ1n) is 7.09. The fourth-order valence-corrected chi connectivity index (χ4v) is 1.74. The highest BCUT2D eigenvalue weighted by Gasteiger charge is 1.93. The predicted octanol–water partition coefficient (Wildman–Crippen LogP) is 3.67. The molecule has 1 N–H and O–H groups in total. The van der Waals surface area contributed by atoms with Crippen LogP contribution in [0.15, 0.2) is 24.3 Å². The lowest BCUT2D eigenvalue weighted by Gasteiger charge is -2.01. The molecule has 1 rings (SSSR count). The molecular formula is C17H24O2. The van der Waals surface area contributed by atoms with Crippen molar-refractivity contribution in [2.45, 2.75) is 52.2 Å². The van der Waals surface area contributed by atoms with Gasteiger partial charge in [-0.05, 0) is 17.5 Å². The minimum absolute atomic E-state index is 0.0879. The van der Waals surface area contributed by atoms with Gasteiger partial charge in [0.25, 0.3) is 0 Å². The molecule has 0 aliphatic rings. The van der Waals surface area contributed by atoms with Crippen molar-refractivity contribution < 1.29 is 9.84 Å². The number of hydrogen-bond donors (Lipinski definition) is 1. The summed E-state index contributed by atoms with van der Waals surface area (Å²) in [7, 11) is 0. The van der Waals surface area contributed by atoms with Gasteiger partial charge in [-0.1, -0.05) is 56.4 Å². The lowest BCUT2D eigenvalue weighted by molar-refractivity contribution is 0.153. The van der Waals surface area contributed by atoms with Gasteiger partial charge in [0, 0.05) is 6.42 Å². The molecule has 0 aliphatic heterocycles. The third-order valence-corrected chi connectivity index (χ3v) is 2.93. The summed E-state index contributed by atoms with van der Waals surface area (Å²) in [5, 5.41) is 8.93. The van der Waals surface area contributed by atoms with E-state index in [0.717, 1.165) is 17.5 Å². The normalized spacial score (nSPS) is 10.0. The van der Waals surface area contributed by atoms with E-state index in [1.165, 1.54) is 25.7 Å². The molecule has 0 saturated heterocycles. The quantitative estimate of drug-likeness (QED) is 0.571. The summed E-state index contributed by atoms with van der Waals surface area (Å²) in [6, 6.07) is 7.78. The molecule has 0 heterocycles. The van der Waals surface area contributed by atoms with Crippen molar-refractivity contribution >= 4 is 0 Å². The summed E-state index contributed by atoms with van der Waals surface area (Å²) in [5.74, 6) is 6.18. The second kappa shape index (κ2) is 10.6. The zero-order chi connectivity index (χ0) is 13.8. The van der Waals surface area contributed by atoms with E-state index >= 15 is 0 Å². The van der Waals surface area contributed by atoms with Crippen LogP contribution in [0.1, 0.15) is 50.2 Å². The third-order valence-electron chi connectivity index (χ3n) is 2.93. The molecule has 0 aliphatic carbocycles. The fourth-order valence-electron chi connectivity index (χ4n) is 1.74. The van der Waals surface area contributed by atoms with Gasteiger partial charge in [0.05, 0.1) is 13.2 Å². The largest absolute Gasteiger partial charge is 0.392 e. The zero-order valence-electron chi connectivity index (χ0n) is 11.8. The van der Waals surface area contributed by atoms with Crippen molar-refractivity contribution in [1.29, 1.82) is 0 Å². The van der Waals surface area contributed by atoms with Gasteiger partial charge >= 0.3 is 0 Å². The van der Waals surface area contributed by atoms with E-state index < -0.39 is 0 Å². The summed E-state index contributed by atoms with van der Waals surface area (Å²) in [4.78, 5) is 0. The van der Waals surface area contributed by atoms with Gasteiger partial charge in [-0.25, -0.2) is 0 Å². The standard InChI is InChI=1S/C17H24O2/c1-2-3-4-5-6-7-8-13-19-15-17-11-9-16(14-18)10-12-17/h9-12,18H,2-6,13-15H2,1H3.